The Morgan fingerprint density at radius 2 is 1.35 bits per heavy atom. The number of benzene rings is 5. The van der Waals surface area contributed by atoms with E-state index in [0.717, 1.165) is 5.56 Å². The quantitative estimate of drug-likeness (QED) is 0.108. The third-order valence-corrected chi connectivity index (χ3v) is 11.0. The molecule has 1 fully saturated rings. The minimum Gasteiger partial charge on any atom is -1.00 e. The van der Waals surface area contributed by atoms with Crippen LogP contribution < -0.4 is 21.7 Å². The van der Waals surface area contributed by atoms with Crippen LogP contribution in [-0.4, -0.2) is 62.8 Å². The molecule has 0 amide bonds. The summed E-state index contributed by atoms with van der Waals surface area (Å²) in [5, 5.41) is 0. The van der Waals surface area contributed by atoms with E-state index in [1.165, 1.54) is 4.31 Å². The largest absolute Gasteiger partial charge is 1.00 e. The number of ether oxygens (including phenoxy) is 2. The summed E-state index contributed by atoms with van der Waals surface area (Å²) in [4.78, 5) is 27.2. The van der Waals surface area contributed by atoms with Crippen LogP contribution in [0.2, 0.25) is 0 Å². The Morgan fingerprint density at radius 1 is 0.788 bits per heavy atom. The van der Waals surface area contributed by atoms with Crippen molar-refractivity contribution < 1.29 is 53.1 Å². The van der Waals surface area contributed by atoms with E-state index in [0.29, 0.717) is 16.7 Å². The fourth-order valence-corrected chi connectivity index (χ4v) is 8.36. The zero-order chi connectivity index (χ0) is 38.4. The molecule has 10 heteroatoms. The number of piperidine rings is 1. The normalized spacial score (nSPS) is 19.8. The van der Waals surface area contributed by atoms with E-state index in [2.05, 4.69) is 0 Å². The molecule has 0 radical (unpaired) electrons. The Kier molecular flexibility index (Phi) is 11.1. The number of rotatable bonds is 12. The minimum atomic E-state index is -3.91. The number of hydrogen-bond acceptors (Lipinski definition) is 6. The van der Waals surface area contributed by atoms with Crippen molar-refractivity contribution in [2.24, 2.45) is 5.92 Å². The maximum atomic E-state index is 14.1. The van der Waals surface area contributed by atoms with Gasteiger partial charge in [0.05, 0.1) is 47.5 Å². The van der Waals surface area contributed by atoms with Gasteiger partial charge < -0.3 is 30.9 Å². The average molecular weight is 787 g/mol. The fraction of sp³-hybridized carbons (Fsp3) is 0.238. The highest BCUT2D eigenvalue weighted by atomic mass is 79.9. The van der Waals surface area contributed by atoms with Crippen LogP contribution in [0.5, 0.6) is 5.75 Å². The van der Waals surface area contributed by atoms with Crippen molar-refractivity contribution in [3.8, 4) is 5.75 Å². The predicted molar refractivity (Wildman–Crippen MR) is 197 cm³/mol. The van der Waals surface area contributed by atoms with Crippen LogP contribution in [0.25, 0.3) is 0 Å². The number of halogens is 1. The topological polar surface area (TPSA) is 90.0 Å². The summed E-state index contributed by atoms with van der Waals surface area (Å²) in [7, 11) is -2.29. The van der Waals surface area contributed by atoms with Crippen molar-refractivity contribution in [1.82, 2.24) is 4.31 Å². The molecule has 1 saturated heterocycles. The molecule has 8 nitrogen and oxygen atoms in total. The van der Waals surface area contributed by atoms with Gasteiger partial charge in [-0.1, -0.05) is 109 Å². The first kappa shape index (κ1) is 34.5. The molecule has 0 spiro atoms. The van der Waals surface area contributed by atoms with E-state index in [-0.39, 0.29) is 66.6 Å². The zero-order valence-electron chi connectivity index (χ0n) is 31.8. The Balaban J connectivity index is 0.00000580. The third-order valence-electron chi connectivity index (χ3n) is 9.23. The van der Waals surface area contributed by atoms with Crippen LogP contribution in [0.15, 0.2) is 146 Å². The van der Waals surface area contributed by atoms with Crippen molar-refractivity contribution >= 4 is 22.0 Å². The lowest BCUT2D eigenvalue weighted by Crippen LogP contribution is -3.00. The third kappa shape index (κ3) is 9.43. The minimum absolute atomic E-state index is 0. The second-order valence-electron chi connectivity index (χ2n) is 13.2. The summed E-state index contributed by atoms with van der Waals surface area (Å²) >= 11 is 0. The van der Waals surface area contributed by atoms with Crippen molar-refractivity contribution in [3.63, 3.8) is 0 Å². The lowest BCUT2D eigenvalue weighted by atomic mass is 9.75. The lowest BCUT2D eigenvalue weighted by Gasteiger charge is -2.49. The van der Waals surface area contributed by atoms with Gasteiger partial charge in [-0.15, -0.1) is 0 Å². The van der Waals surface area contributed by atoms with Gasteiger partial charge >= 0.3 is 11.9 Å². The summed E-state index contributed by atoms with van der Waals surface area (Å²) in [5.41, 5.74) is 0.923. The van der Waals surface area contributed by atoms with Crippen LogP contribution >= 0.6 is 0 Å². The molecule has 5 aromatic rings. The number of carbonyl (C=O) groups is 2. The van der Waals surface area contributed by atoms with Gasteiger partial charge in [-0.3, -0.25) is 0 Å². The number of sulfonamides is 1. The van der Waals surface area contributed by atoms with Crippen LogP contribution in [0.4, 0.5) is 0 Å². The first-order valence-electron chi connectivity index (χ1n) is 18.3. The van der Waals surface area contributed by atoms with E-state index < -0.39 is 44.9 Å². The number of hydrogen-bond donors (Lipinski definition) is 0. The van der Waals surface area contributed by atoms with Gasteiger partial charge in [-0.05, 0) is 47.5 Å². The molecule has 1 unspecified atom stereocenters. The fourth-order valence-electron chi connectivity index (χ4n) is 6.79. The molecule has 0 saturated carbocycles. The molecule has 0 aromatic heterocycles. The highest BCUT2D eigenvalue weighted by Crippen LogP contribution is 2.45. The molecule has 3 atom stereocenters. The molecular weight excluding hydrogens is 740 g/mol. The number of carbonyl (C=O) groups excluding carboxylic acids is 2. The van der Waals surface area contributed by atoms with E-state index >= 15 is 0 Å². The molecule has 52 heavy (non-hydrogen) atoms. The molecule has 1 aliphatic heterocycles. The van der Waals surface area contributed by atoms with Crippen LogP contribution in [0, 0.1) is 5.92 Å². The summed E-state index contributed by atoms with van der Waals surface area (Å²) in [6, 6.07) is 41.7. The van der Waals surface area contributed by atoms with Crippen LogP contribution in [0.1, 0.15) is 47.9 Å². The molecule has 1 heterocycles. The Morgan fingerprint density at radius 3 is 1.94 bits per heavy atom. The van der Waals surface area contributed by atoms with Crippen LogP contribution in [0.3, 0.4) is 0 Å². The number of nitrogens with zero attached hydrogens (tertiary/aromatic N) is 2. The summed E-state index contributed by atoms with van der Waals surface area (Å²) in [5.74, 6) is -2.18. The van der Waals surface area contributed by atoms with Gasteiger partial charge in [0.2, 0.25) is 10.0 Å². The van der Waals surface area contributed by atoms with E-state index in [9.17, 15) is 18.0 Å². The maximum absolute atomic E-state index is 14.1. The van der Waals surface area contributed by atoms with E-state index in [1.807, 2.05) is 36.4 Å². The van der Waals surface area contributed by atoms with Gasteiger partial charge in [0.15, 0.2) is 0 Å². The van der Waals surface area contributed by atoms with E-state index in [1.54, 1.807) is 116 Å². The molecule has 0 N–H and O–H groups in total. The first-order chi connectivity index (χ1) is 25.8. The van der Waals surface area contributed by atoms with Gasteiger partial charge in [-0.25, -0.2) is 22.3 Å². The van der Waals surface area contributed by atoms with Crippen LogP contribution in [-0.2, 0) is 32.7 Å². The molecule has 5 aromatic carbocycles. The highest BCUT2D eigenvalue weighted by molar-refractivity contribution is 7.88. The molecule has 270 valence electrons. The van der Waals surface area contributed by atoms with Gasteiger partial charge in [-0.2, -0.15) is 0 Å². The van der Waals surface area contributed by atoms with E-state index in [4.69, 9.17) is 13.6 Å². The Labute approximate surface area is 321 Å². The Bertz CT molecular complexity index is 2160. The average Bonchev–Trinajstić information content (AvgIpc) is 3.16. The first-order valence-corrected chi connectivity index (χ1v) is 18.5. The second-order valence-corrected chi connectivity index (χ2v) is 15.2. The smallest absolute Gasteiger partial charge is 0.343 e. The number of esters is 2. The Hall–Kier alpha value is -4.61. The molecular formula is C42H43BrN2O6S. The van der Waals surface area contributed by atoms with Crippen molar-refractivity contribution in [1.29, 1.82) is 0 Å². The monoisotopic (exact) mass is 785 g/mol. The van der Waals surface area contributed by atoms with Crippen molar-refractivity contribution in [2.45, 2.75) is 24.3 Å². The molecule has 6 rings (SSSR count). The molecule has 0 aliphatic carbocycles. The van der Waals surface area contributed by atoms with Crippen molar-refractivity contribution in [2.75, 3.05) is 33.7 Å². The van der Waals surface area contributed by atoms with Gasteiger partial charge in [0, 0.05) is 25.1 Å². The standard InChI is InChI=1S/C42H43N2O6S.BrH/c1-44(2,30-33-16-7-3-8-17-33)31-38-29-43(51(47,48)32-34-18-9-4-10-19-34)27-26-42(38,50-41(46)36-22-13-6-14-23-36)37-24-15-25-39(28-37)49-40(45)35-20-11-5-12-21-35;/h3-25,28,38H,26-27,29-32H2,1-2H3;1H/q+1;/p-1/t38-,42+;/m0./s1/i1D3;/t38-,42+,44?;. The lowest BCUT2D eigenvalue weighted by molar-refractivity contribution is -0.908. The maximum Gasteiger partial charge on any atom is 0.343 e. The zero-order valence-corrected chi connectivity index (χ0v) is 31.2. The predicted octanol–water partition coefficient (Wildman–Crippen LogP) is 4.09. The SMILES string of the molecule is [2H]C([2H])([2H])[N+](C)(Cc1ccccc1)C[C@@H]1CN(S(=O)(=O)Cc2ccccc2)CC[C@@]1(OC(=O)c1ccccc1)c1cccc(OC(=O)c2ccccc2)c1.[Br-]. The summed E-state index contributed by atoms with van der Waals surface area (Å²) < 4.78 is 67.9. The highest BCUT2D eigenvalue weighted by Gasteiger charge is 2.52. The van der Waals surface area contributed by atoms with Gasteiger partial charge in [0.1, 0.15) is 17.9 Å². The van der Waals surface area contributed by atoms with Gasteiger partial charge in [0.25, 0.3) is 0 Å². The number of quaternary nitrogens is 1. The molecule has 1 aliphatic rings. The second kappa shape index (κ2) is 16.8. The summed E-state index contributed by atoms with van der Waals surface area (Å²) in [6.07, 6.45) is 0.00663. The van der Waals surface area contributed by atoms with Crippen molar-refractivity contribution in [3.05, 3.63) is 173 Å². The molecule has 0 bridgehead atoms. The summed E-state index contributed by atoms with van der Waals surface area (Å²) in [6.45, 7) is -2.70.